The molecule has 2 saturated carbocycles. The summed E-state index contributed by atoms with van der Waals surface area (Å²) in [5.74, 6) is 0.875. The number of nitrogens with two attached hydrogens (primary N) is 1. The molecule has 17 heavy (non-hydrogen) atoms. The Morgan fingerprint density at radius 2 is 1.94 bits per heavy atom. The Bertz CT molecular complexity index is 222. The van der Waals surface area contributed by atoms with E-state index >= 15 is 0 Å². The molecule has 0 aromatic rings. The van der Waals surface area contributed by atoms with Crippen molar-refractivity contribution in [3.63, 3.8) is 0 Å². The Balaban J connectivity index is 1.56. The van der Waals surface area contributed by atoms with Crippen LogP contribution in [0.1, 0.15) is 44.9 Å². The zero-order valence-corrected chi connectivity index (χ0v) is 11.3. The Labute approximate surface area is 106 Å². The van der Waals surface area contributed by atoms with Crippen molar-refractivity contribution < 1.29 is 4.74 Å². The highest BCUT2D eigenvalue weighted by Crippen LogP contribution is 2.29. The van der Waals surface area contributed by atoms with Gasteiger partial charge in [-0.05, 0) is 38.6 Å². The van der Waals surface area contributed by atoms with Crippen LogP contribution in [0.2, 0.25) is 0 Å². The van der Waals surface area contributed by atoms with E-state index in [0.29, 0.717) is 0 Å². The maximum Gasteiger partial charge on any atom is 0.0593 e. The first kappa shape index (κ1) is 13.3. The number of likely N-dealkylation sites (N-methyl/N-ethyl adjacent to an activating group) is 1. The molecule has 0 spiro atoms. The maximum absolute atomic E-state index is 6.44. The Hall–Kier alpha value is -0.120. The van der Waals surface area contributed by atoms with Crippen LogP contribution >= 0.6 is 0 Å². The van der Waals surface area contributed by atoms with Crippen molar-refractivity contribution >= 4 is 0 Å². The van der Waals surface area contributed by atoms with Crippen molar-refractivity contribution in [3.05, 3.63) is 0 Å². The molecule has 0 saturated heterocycles. The molecule has 0 bridgehead atoms. The summed E-state index contributed by atoms with van der Waals surface area (Å²) in [6.45, 7) is 3.89. The van der Waals surface area contributed by atoms with E-state index in [-0.39, 0.29) is 5.54 Å². The van der Waals surface area contributed by atoms with Gasteiger partial charge in [-0.25, -0.2) is 0 Å². The smallest absolute Gasteiger partial charge is 0.0593 e. The molecule has 0 aromatic heterocycles. The number of hydrogen-bond acceptors (Lipinski definition) is 3. The summed E-state index contributed by atoms with van der Waals surface area (Å²) in [5, 5.41) is 0. The second kappa shape index (κ2) is 6.17. The van der Waals surface area contributed by atoms with E-state index in [9.17, 15) is 0 Å². The van der Waals surface area contributed by atoms with Gasteiger partial charge in [0.2, 0.25) is 0 Å². The predicted molar refractivity (Wildman–Crippen MR) is 71.0 cm³/mol. The van der Waals surface area contributed by atoms with Gasteiger partial charge in [0.15, 0.2) is 0 Å². The SMILES string of the molecule is CN(CCOCC1CC1)CC1(N)CCCCC1. The maximum atomic E-state index is 6.44. The first-order valence-electron chi connectivity index (χ1n) is 7.23. The molecular weight excluding hydrogens is 212 g/mol. The number of ether oxygens (including phenoxy) is 1. The molecule has 3 heteroatoms. The zero-order chi connectivity index (χ0) is 12.1. The number of rotatable bonds is 7. The average molecular weight is 240 g/mol. The summed E-state index contributed by atoms with van der Waals surface area (Å²) in [6, 6.07) is 0. The first-order chi connectivity index (χ1) is 8.18. The Morgan fingerprint density at radius 1 is 1.24 bits per heavy atom. The third-order valence-corrected chi connectivity index (χ3v) is 4.10. The van der Waals surface area contributed by atoms with Gasteiger partial charge >= 0.3 is 0 Å². The molecule has 2 N–H and O–H groups in total. The normalized spacial score (nSPS) is 24.2. The van der Waals surface area contributed by atoms with Gasteiger partial charge in [0.05, 0.1) is 6.61 Å². The van der Waals surface area contributed by atoms with E-state index in [4.69, 9.17) is 10.5 Å². The van der Waals surface area contributed by atoms with Gasteiger partial charge in [-0.2, -0.15) is 0 Å². The van der Waals surface area contributed by atoms with E-state index in [1.807, 2.05) is 0 Å². The topological polar surface area (TPSA) is 38.5 Å². The highest BCUT2D eigenvalue weighted by atomic mass is 16.5. The van der Waals surface area contributed by atoms with Gasteiger partial charge in [0, 0.05) is 25.2 Å². The fraction of sp³-hybridized carbons (Fsp3) is 1.00. The highest BCUT2D eigenvalue weighted by molar-refractivity contribution is 4.89. The van der Waals surface area contributed by atoms with Crippen LogP contribution in [0.4, 0.5) is 0 Å². The van der Waals surface area contributed by atoms with Gasteiger partial charge < -0.3 is 15.4 Å². The van der Waals surface area contributed by atoms with Crippen molar-refractivity contribution in [1.82, 2.24) is 4.90 Å². The molecule has 0 aromatic carbocycles. The van der Waals surface area contributed by atoms with Crippen LogP contribution < -0.4 is 5.73 Å². The lowest BCUT2D eigenvalue weighted by Gasteiger charge is -2.36. The van der Waals surface area contributed by atoms with Crippen LogP contribution in [0.3, 0.4) is 0 Å². The molecule has 2 rings (SSSR count). The largest absolute Gasteiger partial charge is 0.380 e. The van der Waals surface area contributed by atoms with Gasteiger partial charge in [-0.3, -0.25) is 0 Å². The van der Waals surface area contributed by atoms with Crippen LogP contribution in [0.15, 0.2) is 0 Å². The molecule has 2 aliphatic rings. The Morgan fingerprint density at radius 3 is 2.59 bits per heavy atom. The molecule has 0 aliphatic heterocycles. The second-order valence-corrected chi connectivity index (χ2v) is 6.18. The minimum absolute atomic E-state index is 0.0729. The molecule has 0 unspecified atom stereocenters. The lowest BCUT2D eigenvalue weighted by molar-refractivity contribution is 0.0928. The molecule has 3 nitrogen and oxygen atoms in total. The zero-order valence-electron chi connectivity index (χ0n) is 11.3. The monoisotopic (exact) mass is 240 g/mol. The van der Waals surface area contributed by atoms with E-state index < -0.39 is 0 Å². The second-order valence-electron chi connectivity index (χ2n) is 6.18. The third-order valence-electron chi connectivity index (χ3n) is 4.10. The van der Waals surface area contributed by atoms with Crippen LogP contribution in [0.25, 0.3) is 0 Å². The highest BCUT2D eigenvalue weighted by Gasteiger charge is 2.28. The molecule has 2 fully saturated rings. The summed E-state index contributed by atoms with van der Waals surface area (Å²) >= 11 is 0. The first-order valence-corrected chi connectivity index (χ1v) is 7.23. The van der Waals surface area contributed by atoms with Crippen LogP contribution in [-0.2, 0) is 4.74 Å². The Kier molecular flexibility index (Phi) is 4.83. The molecule has 0 radical (unpaired) electrons. The molecule has 2 aliphatic carbocycles. The minimum atomic E-state index is 0.0729. The lowest BCUT2D eigenvalue weighted by Crippen LogP contribution is -2.51. The van der Waals surface area contributed by atoms with Crippen molar-refractivity contribution in [2.24, 2.45) is 11.7 Å². The average Bonchev–Trinajstić information content (AvgIpc) is 3.08. The predicted octanol–water partition coefficient (Wildman–Crippen LogP) is 2.01. The standard InChI is InChI=1S/C14H28N2O/c1-16(9-10-17-11-13-5-6-13)12-14(15)7-3-2-4-8-14/h13H,2-12,15H2,1H3. The molecule has 100 valence electrons. The van der Waals surface area contributed by atoms with Crippen LogP contribution in [-0.4, -0.2) is 43.8 Å². The van der Waals surface area contributed by atoms with E-state index in [1.54, 1.807) is 0 Å². The van der Waals surface area contributed by atoms with Crippen molar-refractivity contribution in [1.29, 1.82) is 0 Å². The quantitative estimate of drug-likeness (QED) is 0.692. The fourth-order valence-electron chi connectivity index (χ4n) is 2.79. The van der Waals surface area contributed by atoms with Gasteiger partial charge in [-0.1, -0.05) is 19.3 Å². The summed E-state index contributed by atoms with van der Waals surface area (Å²) in [6.07, 6.45) is 9.13. The lowest BCUT2D eigenvalue weighted by atomic mass is 9.82. The number of nitrogens with zero attached hydrogens (tertiary/aromatic N) is 1. The molecule has 0 amide bonds. The minimum Gasteiger partial charge on any atom is -0.380 e. The van der Waals surface area contributed by atoms with E-state index in [2.05, 4.69) is 11.9 Å². The van der Waals surface area contributed by atoms with E-state index in [0.717, 1.165) is 32.2 Å². The summed E-state index contributed by atoms with van der Waals surface area (Å²) in [4.78, 5) is 2.35. The fourth-order valence-corrected chi connectivity index (χ4v) is 2.79. The van der Waals surface area contributed by atoms with Gasteiger partial charge in [0.25, 0.3) is 0 Å². The summed E-state index contributed by atoms with van der Waals surface area (Å²) < 4.78 is 5.67. The molecule has 0 heterocycles. The van der Waals surface area contributed by atoms with Crippen LogP contribution in [0, 0.1) is 5.92 Å². The van der Waals surface area contributed by atoms with Crippen molar-refractivity contribution in [2.45, 2.75) is 50.5 Å². The van der Waals surface area contributed by atoms with Crippen LogP contribution in [0.5, 0.6) is 0 Å². The van der Waals surface area contributed by atoms with Gasteiger partial charge in [-0.15, -0.1) is 0 Å². The van der Waals surface area contributed by atoms with Crippen molar-refractivity contribution in [3.8, 4) is 0 Å². The third kappa shape index (κ3) is 4.94. The van der Waals surface area contributed by atoms with Crippen molar-refractivity contribution in [2.75, 3.05) is 33.4 Å². The molecular formula is C14H28N2O. The summed E-state index contributed by atoms with van der Waals surface area (Å²) in [5.41, 5.74) is 6.51. The molecule has 0 atom stereocenters. The number of hydrogen-bond donors (Lipinski definition) is 1. The summed E-state index contributed by atoms with van der Waals surface area (Å²) in [7, 11) is 2.17. The van der Waals surface area contributed by atoms with E-state index in [1.165, 1.54) is 44.9 Å². The van der Waals surface area contributed by atoms with Gasteiger partial charge in [0.1, 0.15) is 0 Å².